The molecule has 0 bridgehead atoms. The van der Waals surface area contributed by atoms with Crippen LogP contribution in [0.5, 0.6) is 11.5 Å². The zero-order valence-corrected chi connectivity index (χ0v) is 31.9. The number of hydrogen-bond acceptors (Lipinski definition) is 2. The van der Waals surface area contributed by atoms with Crippen LogP contribution in [0.4, 0.5) is 0 Å². The number of hydrogen-bond donors (Lipinski definition) is 0. The minimum Gasteiger partial charge on any atom is -0.456 e. The molecule has 2 heteroatoms. The number of rotatable bonds is 4. The Morgan fingerprint density at radius 2 is 1.00 bits per heavy atom. The number of ether oxygens (including phenoxy) is 1. The van der Waals surface area contributed by atoms with Gasteiger partial charge in [0.2, 0.25) is 0 Å². The van der Waals surface area contributed by atoms with Gasteiger partial charge in [-0.1, -0.05) is 158 Å². The molecule has 0 amide bonds. The first kappa shape index (κ1) is 32.4. The van der Waals surface area contributed by atoms with Crippen LogP contribution in [-0.2, 0) is 5.41 Å². The fourth-order valence-corrected chi connectivity index (χ4v) is 10.4. The third kappa shape index (κ3) is 4.51. The average Bonchev–Trinajstić information content (AvgIpc) is 3.82. The zero-order chi connectivity index (χ0) is 38.7. The molecule has 2 aliphatic rings. The Balaban J connectivity index is 1.11. The summed E-state index contributed by atoms with van der Waals surface area (Å²) in [4.78, 5) is 0. The molecule has 10 aromatic carbocycles. The summed E-state index contributed by atoms with van der Waals surface area (Å²) < 4.78 is 13.1. The Labute approximate surface area is 341 Å². The lowest BCUT2D eigenvalue weighted by atomic mass is 9.67. The second-order valence-electron chi connectivity index (χ2n) is 15.9. The first-order valence-corrected chi connectivity index (χ1v) is 20.3. The molecule has 0 radical (unpaired) electrons. The minimum absolute atomic E-state index is 0.550. The lowest BCUT2D eigenvalue weighted by Crippen LogP contribution is -2.28. The molecule has 0 N–H and O–H groups in total. The molecule has 2 heterocycles. The van der Waals surface area contributed by atoms with Crippen molar-refractivity contribution in [2.24, 2.45) is 0 Å². The summed E-state index contributed by atoms with van der Waals surface area (Å²) in [6.07, 6.45) is 0. The highest BCUT2D eigenvalue weighted by molar-refractivity contribution is 6.13. The first-order chi connectivity index (χ1) is 29.2. The van der Waals surface area contributed by atoms with Crippen LogP contribution in [0.25, 0.3) is 88.0 Å². The van der Waals surface area contributed by atoms with Crippen LogP contribution in [-0.4, -0.2) is 0 Å². The number of benzene rings is 10. The molecule has 13 rings (SSSR count). The highest BCUT2D eigenvalue weighted by Crippen LogP contribution is 2.60. The van der Waals surface area contributed by atoms with Gasteiger partial charge < -0.3 is 9.15 Å². The summed E-state index contributed by atoms with van der Waals surface area (Å²) in [6.45, 7) is 0. The fraction of sp³-hybridized carbons (Fsp3) is 0.0175. The average molecular weight is 751 g/mol. The summed E-state index contributed by atoms with van der Waals surface area (Å²) in [5, 5.41) is 7.00. The van der Waals surface area contributed by atoms with Gasteiger partial charge in [0.15, 0.2) is 0 Å². The van der Waals surface area contributed by atoms with Crippen LogP contribution in [0.3, 0.4) is 0 Å². The fourth-order valence-electron chi connectivity index (χ4n) is 10.4. The molecule has 1 aromatic heterocycles. The highest BCUT2D eigenvalue weighted by atomic mass is 16.5. The molecule has 1 aliphatic carbocycles. The van der Waals surface area contributed by atoms with Crippen molar-refractivity contribution in [3.63, 3.8) is 0 Å². The number of furan rings is 1. The maximum Gasteiger partial charge on any atom is 0.136 e. The molecule has 2 nitrogen and oxygen atoms in total. The Morgan fingerprint density at radius 3 is 1.85 bits per heavy atom. The van der Waals surface area contributed by atoms with Crippen molar-refractivity contribution in [2.75, 3.05) is 0 Å². The molecule has 0 atom stereocenters. The molecule has 0 saturated heterocycles. The largest absolute Gasteiger partial charge is 0.456 e. The highest BCUT2D eigenvalue weighted by Gasteiger charge is 2.47. The van der Waals surface area contributed by atoms with Crippen LogP contribution in [0.15, 0.2) is 211 Å². The topological polar surface area (TPSA) is 22.4 Å². The Morgan fingerprint density at radius 1 is 0.339 bits per heavy atom. The van der Waals surface area contributed by atoms with E-state index in [4.69, 9.17) is 9.15 Å². The van der Waals surface area contributed by atoms with Gasteiger partial charge in [-0.15, -0.1) is 0 Å². The van der Waals surface area contributed by atoms with Gasteiger partial charge in [-0.25, -0.2) is 0 Å². The molecule has 59 heavy (non-hydrogen) atoms. The molecular weight excluding hydrogens is 717 g/mol. The van der Waals surface area contributed by atoms with Gasteiger partial charge in [-0.3, -0.25) is 0 Å². The Hall–Kier alpha value is -7.68. The van der Waals surface area contributed by atoms with Crippen LogP contribution in [0.1, 0.15) is 22.3 Å². The Kier molecular flexibility index (Phi) is 6.68. The van der Waals surface area contributed by atoms with Crippen molar-refractivity contribution in [1.29, 1.82) is 0 Å². The van der Waals surface area contributed by atoms with Gasteiger partial charge in [0.1, 0.15) is 22.7 Å². The maximum atomic E-state index is 6.55. The summed E-state index contributed by atoms with van der Waals surface area (Å²) in [7, 11) is 0. The van der Waals surface area contributed by atoms with Crippen molar-refractivity contribution in [1.82, 2.24) is 0 Å². The normalized spacial score (nSPS) is 13.4. The van der Waals surface area contributed by atoms with Gasteiger partial charge >= 0.3 is 0 Å². The minimum atomic E-state index is -0.550. The van der Waals surface area contributed by atoms with Crippen molar-refractivity contribution in [2.45, 2.75) is 5.41 Å². The van der Waals surface area contributed by atoms with E-state index in [1.165, 1.54) is 60.7 Å². The number of para-hydroxylation sites is 1. The monoisotopic (exact) mass is 750 g/mol. The molecule has 11 aromatic rings. The van der Waals surface area contributed by atoms with Gasteiger partial charge in [0.05, 0.1) is 5.41 Å². The van der Waals surface area contributed by atoms with E-state index in [2.05, 4.69) is 200 Å². The molecule has 0 spiro atoms. The van der Waals surface area contributed by atoms with Crippen molar-refractivity contribution < 1.29 is 9.15 Å². The van der Waals surface area contributed by atoms with E-state index in [1.807, 2.05) is 6.07 Å². The number of fused-ring (bicyclic) bond motifs is 9. The van der Waals surface area contributed by atoms with Crippen LogP contribution in [0.2, 0.25) is 0 Å². The van der Waals surface area contributed by atoms with Gasteiger partial charge in [-0.05, 0) is 126 Å². The van der Waals surface area contributed by atoms with Gasteiger partial charge in [-0.2, -0.15) is 0 Å². The lowest BCUT2D eigenvalue weighted by molar-refractivity contribution is 0.487. The van der Waals surface area contributed by atoms with Gasteiger partial charge in [0.25, 0.3) is 0 Å². The maximum absolute atomic E-state index is 6.55. The van der Waals surface area contributed by atoms with Crippen LogP contribution in [0, 0.1) is 0 Å². The van der Waals surface area contributed by atoms with Crippen LogP contribution < -0.4 is 4.74 Å². The second-order valence-corrected chi connectivity index (χ2v) is 15.9. The molecule has 1 aliphatic heterocycles. The summed E-state index contributed by atoms with van der Waals surface area (Å²) >= 11 is 0. The Bertz CT molecular complexity index is 3480. The van der Waals surface area contributed by atoms with E-state index in [1.54, 1.807) is 0 Å². The molecule has 0 saturated carbocycles. The van der Waals surface area contributed by atoms with Crippen molar-refractivity contribution >= 4 is 43.5 Å². The SMILES string of the molecule is c1ccc(C2(c3ccccc3)c3ccccc3-c3c2cc2cc(-c4ccc5c(c4)-c4cccc6cccc(c46)O5)ccc2c3-c2ccc3c(c2)oc2ccccc23)cc1. The smallest absolute Gasteiger partial charge is 0.136 e. The van der Waals surface area contributed by atoms with E-state index < -0.39 is 5.41 Å². The van der Waals surface area contributed by atoms with E-state index in [-0.39, 0.29) is 0 Å². The standard InChI is InChI=1S/C57H34O2/c1-3-15-40(16-4-1)57(41-17-5-2-6-18-41)48-22-9-7-20-46(48)56-49(57)33-39-31-36(37-27-30-51-47(32-37)45-21-11-13-35-14-12-24-52(58-51)54(35)45)25-28-42(39)55(56)38-26-29-44-43-19-8-10-23-50(43)59-53(44)34-38/h1-34H. The van der Waals surface area contributed by atoms with Crippen LogP contribution >= 0.6 is 0 Å². The van der Waals surface area contributed by atoms with E-state index in [0.717, 1.165) is 61.1 Å². The third-order valence-corrected chi connectivity index (χ3v) is 12.9. The van der Waals surface area contributed by atoms with E-state index in [9.17, 15) is 0 Å². The third-order valence-electron chi connectivity index (χ3n) is 12.9. The summed E-state index contributed by atoms with van der Waals surface area (Å²) in [5.74, 6) is 1.79. The van der Waals surface area contributed by atoms with Crippen molar-refractivity contribution in [3.8, 4) is 56.0 Å². The summed E-state index contributed by atoms with van der Waals surface area (Å²) in [5.41, 5.74) is 15.8. The quantitative estimate of drug-likeness (QED) is 0.179. The predicted molar refractivity (Wildman–Crippen MR) is 242 cm³/mol. The molecule has 0 unspecified atom stereocenters. The molecular formula is C57H34O2. The summed E-state index contributed by atoms with van der Waals surface area (Å²) in [6, 6.07) is 75.3. The molecule has 274 valence electrons. The van der Waals surface area contributed by atoms with E-state index >= 15 is 0 Å². The first-order valence-electron chi connectivity index (χ1n) is 20.3. The zero-order valence-electron chi connectivity index (χ0n) is 31.9. The lowest BCUT2D eigenvalue weighted by Gasteiger charge is -2.34. The second kappa shape index (κ2) is 12.2. The predicted octanol–water partition coefficient (Wildman–Crippen LogP) is 15.4. The van der Waals surface area contributed by atoms with Crippen molar-refractivity contribution in [3.05, 3.63) is 229 Å². The molecule has 0 fully saturated rings. The van der Waals surface area contributed by atoms with E-state index in [0.29, 0.717) is 0 Å². The van der Waals surface area contributed by atoms with Gasteiger partial charge in [0, 0.05) is 21.7 Å².